The third-order valence-electron chi connectivity index (χ3n) is 3.27. The topological polar surface area (TPSA) is 75.5 Å². The van der Waals surface area contributed by atoms with Gasteiger partial charge in [0.1, 0.15) is 0 Å². The number of nitrogens with zero attached hydrogens (tertiary/aromatic N) is 2. The second kappa shape index (κ2) is 7.68. The van der Waals surface area contributed by atoms with Crippen LogP contribution in [0.15, 0.2) is 18.2 Å². The maximum Gasteiger partial charge on any atom is 0.304 e. The lowest BCUT2D eigenvalue weighted by Crippen LogP contribution is -2.44. The normalized spacial score (nSPS) is 12.0. The average Bonchev–Trinajstić information content (AvgIpc) is 2.45. The number of hydrogen-bond acceptors (Lipinski definition) is 4. The summed E-state index contributed by atoms with van der Waals surface area (Å²) in [6.07, 6.45) is 0. The summed E-state index contributed by atoms with van der Waals surface area (Å²) in [5.74, 6) is -0.899. The molecule has 1 unspecified atom stereocenters. The molecule has 1 N–H and O–H groups in total. The van der Waals surface area contributed by atoms with Gasteiger partial charge in [-0.25, -0.2) is 0 Å². The summed E-state index contributed by atoms with van der Waals surface area (Å²) in [6.45, 7) is 7.08. The number of nitro benzene ring substituents is 1. The zero-order chi connectivity index (χ0) is 16.0. The molecular formula is C14H20FN3O3. The van der Waals surface area contributed by atoms with Gasteiger partial charge in [-0.15, -0.1) is 0 Å². The van der Waals surface area contributed by atoms with Gasteiger partial charge in [-0.2, -0.15) is 4.39 Å². The van der Waals surface area contributed by atoms with Gasteiger partial charge in [0.05, 0.1) is 11.0 Å². The summed E-state index contributed by atoms with van der Waals surface area (Å²) in [4.78, 5) is 23.5. The Morgan fingerprint density at radius 3 is 2.52 bits per heavy atom. The first kappa shape index (κ1) is 17.0. The third kappa shape index (κ3) is 4.49. The second-order valence-electron chi connectivity index (χ2n) is 4.66. The molecule has 1 rings (SSSR count). The van der Waals surface area contributed by atoms with E-state index in [9.17, 15) is 19.3 Å². The molecule has 0 aliphatic heterocycles. The summed E-state index contributed by atoms with van der Waals surface area (Å²) in [5.41, 5.74) is 0.00307. The lowest BCUT2D eigenvalue weighted by atomic mass is 10.2. The first-order chi connectivity index (χ1) is 9.90. The number of rotatable bonds is 7. The van der Waals surface area contributed by atoms with Crippen LogP contribution >= 0.6 is 0 Å². The highest BCUT2D eigenvalue weighted by Gasteiger charge is 2.18. The zero-order valence-electron chi connectivity index (χ0n) is 12.4. The molecule has 1 aromatic rings. The summed E-state index contributed by atoms with van der Waals surface area (Å²) >= 11 is 0. The highest BCUT2D eigenvalue weighted by molar-refractivity contribution is 5.81. The number of carbonyl (C=O) groups excluding carboxylic acids is 1. The van der Waals surface area contributed by atoms with Crippen LogP contribution < -0.4 is 5.32 Å². The van der Waals surface area contributed by atoms with Crippen molar-refractivity contribution in [1.82, 2.24) is 10.2 Å². The number of amides is 1. The third-order valence-corrected chi connectivity index (χ3v) is 3.27. The molecule has 1 amide bonds. The average molecular weight is 297 g/mol. The van der Waals surface area contributed by atoms with Crippen LogP contribution in [0.25, 0.3) is 0 Å². The van der Waals surface area contributed by atoms with E-state index in [1.807, 2.05) is 13.8 Å². The molecule has 0 aromatic heterocycles. The van der Waals surface area contributed by atoms with Crippen LogP contribution in [0.5, 0.6) is 0 Å². The Balaban J connectivity index is 2.65. The number of benzene rings is 1. The maximum absolute atomic E-state index is 13.5. The minimum Gasteiger partial charge on any atom is -0.342 e. The molecule has 7 heteroatoms. The van der Waals surface area contributed by atoms with Crippen molar-refractivity contribution in [2.45, 2.75) is 33.4 Å². The predicted octanol–water partition coefficient (Wildman–Crippen LogP) is 2.08. The standard InChI is InChI=1S/C14H20FN3O3/c1-4-17(5-2)14(19)10(3)16-9-11-6-7-13(18(20)21)12(15)8-11/h6-8,10,16H,4-5,9H2,1-3H3. The Kier molecular flexibility index (Phi) is 6.23. The molecule has 0 bridgehead atoms. The smallest absolute Gasteiger partial charge is 0.304 e. The molecule has 116 valence electrons. The zero-order valence-corrected chi connectivity index (χ0v) is 12.4. The number of carbonyl (C=O) groups is 1. The highest BCUT2D eigenvalue weighted by atomic mass is 19.1. The molecule has 21 heavy (non-hydrogen) atoms. The van der Waals surface area contributed by atoms with Crippen LogP contribution in [0.2, 0.25) is 0 Å². The molecule has 0 radical (unpaired) electrons. The van der Waals surface area contributed by atoms with E-state index in [1.54, 1.807) is 11.8 Å². The quantitative estimate of drug-likeness (QED) is 0.617. The van der Waals surface area contributed by atoms with Crippen molar-refractivity contribution in [3.63, 3.8) is 0 Å². The number of nitro groups is 1. The van der Waals surface area contributed by atoms with Crippen molar-refractivity contribution in [2.24, 2.45) is 0 Å². The van der Waals surface area contributed by atoms with E-state index in [0.29, 0.717) is 18.7 Å². The molecule has 6 nitrogen and oxygen atoms in total. The van der Waals surface area contributed by atoms with E-state index in [2.05, 4.69) is 5.32 Å². The molecule has 0 saturated heterocycles. The molecule has 1 atom stereocenters. The van der Waals surface area contributed by atoms with E-state index >= 15 is 0 Å². The van der Waals surface area contributed by atoms with Crippen molar-refractivity contribution in [3.8, 4) is 0 Å². The molecule has 0 heterocycles. The predicted molar refractivity (Wildman–Crippen MR) is 77.3 cm³/mol. The van der Waals surface area contributed by atoms with Crippen LogP contribution in [0.4, 0.5) is 10.1 Å². The monoisotopic (exact) mass is 297 g/mol. The van der Waals surface area contributed by atoms with E-state index in [1.165, 1.54) is 6.07 Å². The van der Waals surface area contributed by atoms with E-state index in [0.717, 1.165) is 12.1 Å². The van der Waals surface area contributed by atoms with Gasteiger partial charge in [-0.1, -0.05) is 6.07 Å². The summed E-state index contributed by atoms with van der Waals surface area (Å²) in [7, 11) is 0. The highest BCUT2D eigenvalue weighted by Crippen LogP contribution is 2.17. The van der Waals surface area contributed by atoms with Gasteiger partial charge in [0, 0.05) is 25.7 Å². The summed E-state index contributed by atoms with van der Waals surface area (Å²) in [5, 5.41) is 13.5. The Morgan fingerprint density at radius 1 is 1.43 bits per heavy atom. The van der Waals surface area contributed by atoms with Crippen LogP contribution in [-0.2, 0) is 11.3 Å². The van der Waals surface area contributed by atoms with Crippen LogP contribution in [0, 0.1) is 15.9 Å². The first-order valence-electron chi connectivity index (χ1n) is 6.85. The molecular weight excluding hydrogens is 277 g/mol. The minimum absolute atomic E-state index is 0.0256. The van der Waals surface area contributed by atoms with Crippen LogP contribution in [-0.4, -0.2) is 34.9 Å². The second-order valence-corrected chi connectivity index (χ2v) is 4.66. The van der Waals surface area contributed by atoms with Crippen molar-refractivity contribution in [1.29, 1.82) is 0 Å². The fourth-order valence-electron chi connectivity index (χ4n) is 1.98. The maximum atomic E-state index is 13.5. The lowest BCUT2D eigenvalue weighted by Gasteiger charge is -2.23. The molecule has 0 aliphatic carbocycles. The summed E-state index contributed by atoms with van der Waals surface area (Å²) < 4.78 is 13.5. The molecule has 0 saturated carbocycles. The van der Waals surface area contributed by atoms with Gasteiger partial charge >= 0.3 is 5.69 Å². The molecule has 1 aromatic carbocycles. The van der Waals surface area contributed by atoms with Gasteiger partial charge in [-0.05, 0) is 32.4 Å². The van der Waals surface area contributed by atoms with Crippen molar-refractivity contribution >= 4 is 11.6 Å². The lowest BCUT2D eigenvalue weighted by molar-refractivity contribution is -0.387. The van der Waals surface area contributed by atoms with E-state index < -0.39 is 22.5 Å². The fraction of sp³-hybridized carbons (Fsp3) is 0.500. The van der Waals surface area contributed by atoms with Gasteiger partial charge < -0.3 is 10.2 Å². The molecule has 0 spiro atoms. The summed E-state index contributed by atoms with van der Waals surface area (Å²) in [6, 6.07) is 3.31. The van der Waals surface area contributed by atoms with E-state index in [4.69, 9.17) is 0 Å². The molecule has 0 aliphatic rings. The Bertz CT molecular complexity index is 518. The number of hydrogen-bond donors (Lipinski definition) is 1. The van der Waals surface area contributed by atoms with Gasteiger partial charge in [0.15, 0.2) is 0 Å². The number of nitrogens with one attached hydrogen (secondary N) is 1. The van der Waals surface area contributed by atoms with Gasteiger partial charge in [0.25, 0.3) is 0 Å². The Labute approximate surface area is 123 Å². The fourth-order valence-corrected chi connectivity index (χ4v) is 1.98. The number of likely N-dealkylation sites (N-methyl/N-ethyl adjacent to an activating group) is 1. The largest absolute Gasteiger partial charge is 0.342 e. The Hall–Kier alpha value is -2.02. The van der Waals surface area contributed by atoms with Gasteiger partial charge in [0.2, 0.25) is 11.7 Å². The number of halogens is 1. The Morgan fingerprint density at radius 2 is 2.05 bits per heavy atom. The SMILES string of the molecule is CCN(CC)C(=O)C(C)NCc1ccc([N+](=O)[O-])c(F)c1. The van der Waals surface area contributed by atoms with E-state index in [-0.39, 0.29) is 12.5 Å². The van der Waals surface area contributed by atoms with Crippen molar-refractivity contribution in [3.05, 3.63) is 39.7 Å². The minimum atomic E-state index is -0.873. The van der Waals surface area contributed by atoms with Crippen LogP contribution in [0.3, 0.4) is 0 Å². The van der Waals surface area contributed by atoms with Crippen molar-refractivity contribution < 1.29 is 14.1 Å². The first-order valence-corrected chi connectivity index (χ1v) is 6.85. The van der Waals surface area contributed by atoms with Crippen molar-refractivity contribution in [2.75, 3.05) is 13.1 Å². The van der Waals surface area contributed by atoms with Crippen LogP contribution in [0.1, 0.15) is 26.3 Å². The molecule has 0 fully saturated rings. The van der Waals surface area contributed by atoms with Gasteiger partial charge in [-0.3, -0.25) is 14.9 Å².